The summed E-state index contributed by atoms with van der Waals surface area (Å²) in [6.45, 7) is 0. The van der Waals surface area contributed by atoms with E-state index in [2.05, 4.69) is 534 Å². The van der Waals surface area contributed by atoms with Gasteiger partial charge in [0.15, 0.2) is 0 Å². The molecule has 0 aliphatic heterocycles. The van der Waals surface area contributed by atoms with Crippen LogP contribution >= 0.6 is 0 Å². The van der Waals surface area contributed by atoms with Crippen LogP contribution in [0, 0.1) is 0 Å². The van der Waals surface area contributed by atoms with Crippen molar-refractivity contribution in [1.82, 2.24) is 0 Å². The zero-order valence-corrected chi connectivity index (χ0v) is 73.3. The number of hydrogen-bond donors (Lipinski definition) is 0. The highest BCUT2D eigenvalue weighted by Crippen LogP contribution is 2.69. The molecule has 0 amide bonds. The summed E-state index contributed by atoms with van der Waals surface area (Å²) in [6, 6.07) is 201. The molecule has 133 heavy (non-hydrogen) atoms. The molecule has 0 radical (unpaired) electrons. The molecule has 0 nitrogen and oxygen atoms in total. The molecular weight excluding hydrogens is 1600 g/mol. The van der Waals surface area contributed by atoms with Crippen molar-refractivity contribution in [3.8, 4) is 223 Å². The van der Waals surface area contributed by atoms with Gasteiger partial charge in [-0.3, -0.25) is 0 Å². The van der Waals surface area contributed by atoms with E-state index in [-0.39, 0.29) is 0 Å². The normalized spacial score (nSPS) is 12.0. The van der Waals surface area contributed by atoms with Gasteiger partial charge in [0, 0.05) is 0 Å². The van der Waals surface area contributed by atoms with Crippen LogP contribution in [-0.2, 0) is 5.41 Å². The van der Waals surface area contributed by atoms with E-state index in [0.29, 0.717) is 0 Å². The van der Waals surface area contributed by atoms with Crippen LogP contribution in [0.25, 0.3) is 223 Å². The van der Waals surface area contributed by atoms with Gasteiger partial charge in [-0.2, -0.15) is 0 Å². The Morgan fingerprint density at radius 2 is 0.248 bits per heavy atom. The van der Waals surface area contributed by atoms with Crippen LogP contribution in [0.15, 0.2) is 534 Å². The second-order valence-corrected chi connectivity index (χ2v) is 34.9. The average molecular weight is 1690 g/mol. The van der Waals surface area contributed by atoms with Crippen LogP contribution in [0.1, 0.15) is 22.3 Å². The van der Waals surface area contributed by atoms with E-state index in [0.717, 1.165) is 200 Å². The molecule has 620 valence electrons. The molecule has 22 aromatic rings. The maximum Gasteiger partial charge on any atom is 0.0726 e. The third-order valence-corrected chi connectivity index (χ3v) is 27.6. The molecule has 0 N–H and O–H groups in total. The summed E-state index contributed by atoms with van der Waals surface area (Å²) >= 11 is 0. The fourth-order valence-corrected chi connectivity index (χ4v) is 21.9. The van der Waals surface area contributed by atoms with Gasteiger partial charge >= 0.3 is 0 Å². The highest BCUT2D eigenvalue weighted by Gasteiger charge is 2.54. The van der Waals surface area contributed by atoms with E-state index in [1.807, 2.05) is 0 Å². The Morgan fingerprint density at radius 3 is 0.459 bits per heavy atom. The summed E-state index contributed by atoms with van der Waals surface area (Å²) < 4.78 is 0. The molecule has 0 saturated heterocycles. The van der Waals surface area contributed by atoms with Crippen molar-refractivity contribution in [1.29, 1.82) is 0 Å². The molecule has 1 spiro atoms. The fourth-order valence-electron chi connectivity index (χ4n) is 21.9. The number of hydrogen-bond acceptors (Lipinski definition) is 0. The molecule has 22 aromatic carbocycles. The summed E-state index contributed by atoms with van der Waals surface area (Å²) in [4.78, 5) is 0. The van der Waals surface area contributed by atoms with Gasteiger partial charge in [0.25, 0.3) is 0 Å². The summed E-state index contributed by atoms with van der Waals surface area (Å²) in [5, 5.41) is 0. The maximum atomic E-state index is 2.68. The second kappa shape index (κ2) is 34.1. The van der Waals surface area contributed by atoms with Crippen LogP contribution in [0.5, 0.6) is 0 Å². The largest absolute Gasteiger partial charge is 0.0726 e. The predicted octanol–water partition coefficient (Wildman–Crippen LogP) is 36.0. The predicted molar refractivity (Wildman–Crippen MR) is 561 cm³/mol. The van der Waals surface area contributed by atoms with Crippen LogP contribution in [0.2, 0.25) is 0 Å². The van der Waals surface area contributed by atoms with Crippen LogP contribution in [-0.4, -0.2) is 0 Å². The third kappa shape index (κ3) is 13.9. The highest BCUT2D eigenvalue weighted by atomic mass is 14.6. The standard InChI is InChI=1S/C133H88/c1-13-43-89(44-14-1)105-67-37-73-111(125(105)95-55-25-7-26-56-95)101-79-81-117-121(85-101)133(123-87-103(113-75-39-69-107(91-47-17-3-18-48-91)127(113)97-59-29-9-30-60-97)83-119(131(117)123)115-77-41-71-109(93-51-21-5-22-52-93)129(115)99-63-33-11-34-64-99)122-86-102(112-74-38-68-106(90-45-15-2-16-46-90)126(112)96-57-27-8-28-58-96)80-82-118(122)132-120(116-78-42-72-110(94-53-23-6-24-54-94)130(116)100-65-35-12-36-66-100)84-104(88-124(132)133)114-76-40-70-108(92-49-19-4-20-50-92)128(114)98-61-31-10-32-62-98/h1-88H. The zero-order chi connectivity index (χ0) is 88.1. The molecular formula is C133H88. The summed E-state index contributed by atoms with van der Waals surface area (Å²) in [6.07, 6.45) is 0. The first-order valence-electron chi connectivity index (χ1n) is 46.2. The fraction of sp³-hybridized carbons (Fsp3) is 0.00752. The summed E-state index contributed by atoms with van der Waals surface area (Å²) in [5.41, 5.74) is 49.2. The van der Waals surface area contributed by atoms with Gasteiger partial charge in [-0.15, -0.1) is 0 Å². The molecule has 0 unspecified atom stereocenters. The number of benzene rings is 22. The van der Waals surface area contributed by atoms with E-state index in [4.69, 9.17) is 0 Å². The Kier molecular flexibility index (Phi) is 20.3. The quantitative estimate of drug-likeness (QED) is 0.0803. The molecule has 2 aliphatic carbocycles. The monoisotopic (exact) mass is 1680 g/mol. The van der Waals surface area contributed by atoms with Gasteiger partial charge < -0.3 is 0 Å². The number of rotatable bonds is 18. The minimum Gasteiger partial charge on any atom is -0.0622 e. The van der Waals surface area contributed by atoms with Crippen LogP contribution in [0.3, 0.4) is 0 Å². The van der Waals surface area contributed by atoms with Gasteiger partial charge in [-0.05, 0) is 281 Å². The molecule has 0 bridgehead atoms. The first-order valence-corrected chi connectivity index (χ1v) is 46.2. The van der Waals surface area contributed by atoms with Crippen molar-refractivity contribution in [2.45, 2.75) is 5.41 Å². The Morgan fingerprint density at radius 1 is 0.0827 bits per heavy atom. The zero-order valence-electron chi connectivity index (χ0n) is 73.3. The van der Waals surface area contributed by atoms with Crippen molar-refractivity contribution < 1.29 is 0 Å². The van der Waals surface area contributed by atoms with Crippen molar-refractivity contribution >= 4 is 0 Å². The lowest BCUT2D eigenvalue weighted by atomic mass is 9.68. The van der Waals surface area contributed by atoms with Gasteiger partial charge in [0.1, 0.15) is 0 Å². The van der Waals surface area contributed by atoms with Gasteiger partial charge in [0.2, 0.25) is 0 Å². The summed E-state index contributed by atoms with van der Waals surface area (Å²) in [7, 11) is 0. The molecule has 0 saturated carbocycles. The van der Waals surface area contributed by atoms with E-state index in [9.17, 15) is 0 Å². The SMILES string of the molecule is c1ccc(-c2cccc(-c3ccc4c(c3)C3(c5cc(-c6cccc(-c7ccccc7)c6-c6ccccc6)ccc5-c5c(-c6cccc(-c7ccccc7)c6-c6ccccc6)cc(-c6cccc(-c7ccccc7)c6-c6ccccc6)cc53)c3cc(-c5cccc(-c6ccccc6)c5-c5ccccc5)cc(-c5cccc(-c6ccccc6)c5-c5ccccc5)c3-4)c2-c2ccccc2)cc1. The van der Waals surface area contributed by atoms with Crippen LogP contribution in [0.4, 0.5) is 0 Å². The van der Waals surface area contributed by atoms with Crippen molar-refractivity contribution in [2.75, 3.05) is 0 Å². The smallest absolute Gasteiger partial charge is 0.0622 e. The first kappa shape index (κ1) is 79.3. The Labute approximate surface area is 778 Å². The highest BCUT2D eigenvalue weighted by molar-refractivity contribution is 6.13. The van der Waals surface area contributed by atoms with Crippen molar-refractivity contribution in [2.24, 2.45) is 0 Å². The molecule has 0 heterocycles. The van der Waals surface area contributed by atoms with Gasteiger partial charge in [-0.1, -0.05) is 497 Å². The Balaban J connectivity index is 0.937. The minimum absolute atomic E-state index is 1.09. The molecule has 0 aromatic heterocycles. The lowest BCUT2D eigenvalue weighted by Crippen LogP contribution is -2.26. The van der Waals surface area contributed by atoms with Crippen LogP contribution < -0.4 is 0 Å². The van der Waals surface area contributed by atoms with Crippen molar-refractivity contribution in [3.63, 3.8) is 0 Å². The molecule has 0 fully saturated rings. The van der Waals surface area contributed by atoms with E-state index in [1.54, 1.807) is 0 Å². The maximum absolute atomic E-state index is 2.68. The van der Waals surface area contributed by atoms with E-state index >= 15 is 0 Å². The Bertz CT molecular complexity index is 7630. The molecule has 0 heteroatoms. The third-order valence-electron chi connectivity index (χ3n) is 27.6. The average Bonchev–Trinajstić information content (AvgIpc) is 1.49. The molecule has 0 atom stereocenters. The molecule has 2 aliphatic rings. The molecule has 24 rings (SSSR count). The van der Waals surface area contributed by atoms with Gasteiger partial charge in [-0.25, -0.2) is 0 Å². The second-order valence-electron chi connectivity index (χ2n) is 34.9. The first-order chi connectivity index (χ1) is 66.1. The summed E-state index contributed by atoms with van der Waals surface area (Å²) in [5.74, 6) is 0. The van der Waals surface area contributed by atoms with Gasteiger partial charge in [0.05, 0.1) is 5.41 Å². The lowest BCUT2D eigenvalue weighted by Gasteiger charge is -2.33. The van der Waals surface area contributed by atoms with E-state index < -0.39 is 5.41 Å². The van der Waals surface area contributed by atoms with E-state index in [1.165, 1.54) is 44.5 Å². The topological polar surface area (TPSA) is 0 Å². The lowest BCUT2D eigenvalue weighted by molar-refractivity contribution is 0.795. The van der Waals surface area contributed by atoms with Crippen molar-refractivity contribution in [3.05, 3.63) is 556 Å². The number of fused-ring (bicyclic) bond motifs is 10. The Hall–Kier alpha value is -17.2. The minimum atomic E-state index is -1.19.